The molecule has 84 valence electrons. The van der Waals surface area contributed by atoms with Crippen LogP contribution in [0.1, 0.15) is 32.6 Å². The Bertz CT molecular complexity index is 247. The van der Waals surface area contributed by atoms with Gasteiger partial charge in [0, 0.05) is 0 Å². The minimum absolute atomic E-state index is 0.373. The summed E-state index contributed by atoms with van der Waals surface area (Å²) in [5.41, 5.74) is 5.71. The summed E-state index contributed by atoms with van der Waals surface area (Å²) < 4.78 is 22.5. The van der Waals surface area contributed by atoms with Gasteiger partial charge in [0.2, 0.25) is 0 Å². The molecule has 3 nitrogen and oxygen atoms in total. The highest BCUT2D eigenvalue weighted by Gasteiger charge is 2.28. The van der Waals surface area contributed by atoms with Crippen molar-refractivity contribution in [2.24, 2.45) is 17.6 Å². The lowest BCUT2D eigenvalue weighted by Crippen LogP contribution is -2.31. The van der Waals surface area contributed by atoms with Crippen LogP contribution in [-0.4, -0.2) is 26.5 Å². The molecule has 1 atom stereocenters. The highest BCUT2D eigenvalue weighted by atomic mass is 32.2. The van der Waals surface area contributed by atoms with E-state index in [0.29, 0.717) is 29.9 Å². The van der Waals surface area contributed by atoms with Crippen LogP contribution in [0, 0.1) is 11.8 Å². The molecule has 1 heterocycles. The van der Waals surface area contributed by atoms with Gasteiger partial charge in [-0.2, -0.15) is 0 Å². The van der Waals surface area contributed by atoms with Crippen LogP contribution in [0.3, 0.4) is 0 Å². The number of sulfone groups is 1. The van der Waals surface area contributed by atoms with E-state index in [-0.39, 0.29) is 0 Å². The molecule has 1 rings (SSSR count). The van der Waals surface area contributed by atoms with Gasteiger partial charge in [0.05, 0.1) is 11.5 Å². The van der Waals surface area contributed by atoms with Crippen molar-refractivity contribution in [3.8, 4) is 0 Å². The lowest BCUT2D eigenvalue weighted by Gasteiger charge is -2.29. The van der Waals surface area contributed by atoms with E-state index in [1.54, 1.807) is 0 Å². The summed E-state index contributed by atoms with van der Waals surface area (Å²) in [4.78, 5) is 0. The van der Waals surface area contributed by atoms with Crippen molar-refractivity contribution in [2.75, 3.05) is 18.1 Å². The van der Waals surface area contributed by atoms with E-state index < -0.39 is 9.84 Å². The molecule has 0 aromatic carbocycles. The van der Waals surface area contributed by atoms with Gasteiger partial charge in [-0.15, -0.1) is 0 Å². The van der Waals surface area contributed by atoms with E-state index in [4.69, 9.17) is 5.73 Å². The van der Waals surface area contributed by atoms with E-state index in [1.807, 2.05) is 0 Å². The lowest BCUT2D eigenvalue weighted by atomic mass is 9.84. The SMILES string of the molecule is CCCC(CN)C1CCS(=O)(=O)CC1. The number of nitrogens with two attached hydrogens (primary N) is 1. The molecule has 1 aliphatic heterocycles. The molecule has 1 aliphatic rings. The summed E-state index contributed by atoms with van der Waals surface area (Å²) in [7, 11) is -2.71. The first kappa shape index (κ1) is 12.0. The van der Waals surface area contributed by atoms with Gasteiger partial charge in [-0.05, 0) is 37.6 Å². The minimum Gasteiger partial charge on any atom is -0.330 e. The summed E-state index contributed by atoms with van der Waals surface area (Å²) in [6.07, 6.45) is 3.93. The van der Waals surface area contributed by atoms with Crippen LogP contribution in [0.5, 0.6) is 0 Å². The highest BCUT2D eigenvalue weighted by Crippen LogP contribution is 2.28. The first-order valence-corrected chi connectivity index (χ1v) is 7.31. The van der Waals surface area contributed by atoms with Gasteiger partial charge < -0.3 is 5.73 Å². The van der Waals surface area contributed by atoms with Crippen molar-refractivity contribution < 1.29 is 8.42 Å². The van der Waals surface area contributed by atoms with Gasteiger partial charge >= 0.3 is 0 Å². The molecule has 4 heteroatoms. The summed E-state index contributed by atoms with van der Waals surface area (Å²) >= 11 is 0. The first-order chi connectivity index (χ1) is 6.59. The van der Waals surface area contributed by atoms with E-state index in [2.05, 4.69) is 6.92 Å². The van der Waals surface area contributed by atoms with Crippen molar-refractivity contribution >= 4 is 9.84 Å². The largest absolute Gasteiger partial charge is 0.330 e. The monoisotopic (exact) mass is 219 g/mol. The van der Waals surface area contributed by atoms with E-state index in [1.165, 1.54) is 0 Å². The third-order valence-electron chi connectivity index (χ3n) is 3.23. The van der Waals surface area contributed by atoms with Gasteiger partial charge in [0.1, 0.15) is 9.84 Å². The molecule has 0 aliphatic carbocycles. The van der Waals surface area contributed by atoms with E-state index in [9.17, 15) is 8.42 Å². The quantitative estimate of drug-likeness (QED) is 0.772. The molecule has 0 radical (unpaired) electrons. The van der Waals surface area contributed by atoms with Gasteiger partial charge in [-0.25, -0.2) is 8.42 Å². The number of rotatable bonds is 4. The molecule has 0 amide bonds. The number of hydrogen-bond acceptors (Lipinski definition) is 3. The van der Waals surface area contributed by atoms with E-state index >= 15 is 0 Å². The summed E-state index contributed by atoms with van der Waals surface area (Å²) in [5.74, 6) is 1.83. The topological polar surface area (TPSA) is 60.2 Å². The fourth-order valence-corrected chi connectivity index (χ4v) is 3.82. The van der Waals surface area contributed by atoms with Crippen LogP contribution >= 0.6 is 0 Å². The molecule has 1 unspecified atom stereocenters. The van der Waals surface area contributed by atoms with Crippen LogP contribution in [-0.2, 0) is 9.84 Å². The fraction of sp³-hybridized carbons (Fsp3) is 1.00. The second kappa shape index (κ2) is 5.12. The van der Waals surface area contributed by atoms with Gasteiger partial charge in [0.15, 0.2) is 0 Å². The molecule has 0 aromatic heterocycles. The Balaban J connectivity index is 2.47. The molecule has 0 spiro atoms. The van der Waals surface area contributed by atoms with Gasteiger partial charge in [0.25, 0.3) is 0 Å². The first-order valence-electron chi connectivity index (χ1n) is 5.49. The standard InChI is InChI=1S/C10H21NO2S/c1-2-3-10(8-11)9-4-6-14(12,13)7-5-9/h9-10H,2-8,11H2,1H3. The Hall–Kier alpha value is -0.0900. The predicted octanol–water partition coefficient (Wildman–Crippen LogP) is 1.19. The smallest absolute Gasteiger partial charge is 0.150 e. The third kappa shape index (κ3) is 3.24. The lowest BCUT2D eigenvalue weighted by molar-refractivity contribution is 0.294. The van der Waals surface area contributed by atoms with Crippen molar-refractivity contribution in [3.63, 3.8) is 0 Å². The van der Waals surface area contributed by atoms with Crippen molar-refractivity contribution in [1.82, 2.24) is 0 Å². The van der Waals surface area contributed by atoms with E-state index in [0.717, 1.165) is 25.7 Å². The zero-order valence-electron chi connectivity index (χ0n) is 8.91. The van der Waals surface area contributed by atoms with Crippen LogP contribution in [0.25, 0.3) is 0 Å². The van der Waals surface area contributed by atoms with Crippen LogP contribution in [0.15, 0.2) is 0 Å². The summed E-state index contributed by atoms with van der Waals surface area (Å²) in [6.45, 7) is 2.86. The Kier molecular flexibility index (Phi) is 4.38. The molecule has 0 aromatic rings. The van der Waals surface area contributed by atoms with Crippen LogP contribution < -0.4 is 5.73 Å². The van der Waals surface area contributed by atoms with Crippen molar-refractivity contribution in [1.29, 1.82) is 0 Å². The van der Waals surface area contributed by atoms with Crippen LogP contribution in [0.4, 0.5) is 0 Å². The van der Waals surface area contributed by atoms with Crippen molar-refractivity contribution in [2.45, 2.75) is 32.6 Å². The molecule has 14 heavy (non-hydrogen) atoms. The highest BCUT2D eigenvalue weighted by molar-refractivity contribution is 7.91. The molecule has 2 N–H and O–H groups in total. The molecule has 0 saturated carbocycles. The number of hydrogen-bond donors (Lipinski definition) is 1. The van der Waals surface area contributed by atoms with Crippen LogP contribution in [0.2, 0.25) is 0 Å². The Labute approximate surface area is 87.0 Å². The average molecular weight is 219 g/mol. The predicted molar refractivity (Wildman–Crippen MR) is 58.8 cm³/mol. The third-order valence-corrected chi connectivity index (χ3v) is 4.94. The van der Waals surface area contributed by atoms with Gasteiger partial charge in [-0.3, -0.25) is 0 Å². The Morgan fingerprint density at radius 1 is 1.36 bits per heavy atom. The second-order valence-electron chi connectivity index (χ2n) is 4.27. The summed E-state index contributed by atoms with van der Waals surface area (Å²) in [5, 5.41) is 0. The zero-order valence-corrected chi connectivity index (χ0v) is 9.72. The van der Waals surface area contributed by atoms with Crippen molar-refractivity contribution in [3.05, 3.63) is 0 Å². The van der Waals surface area contributed by atoms with Gasteiger partial charge in [-0.1, -0.05) is 13.3 Å². The summed E-state index contributed by atoms with van der Waals surface area (Å²) in [6, 6.07) is 0. The maximum atomic E-state index is 11.2. The zero-order chi connectivity index (χ0) is 10.6. The second-order valence-corrected chi connectivity index (χ2v) is 6.58. The molecular formula is C10H21NO2S. The molecular weight excluding hydrogens is 198 g/mol. The minimum atomic E-state index is -2.71. The molecule has 1 fully saturated rings. The molecule has 0 bridgehead atoms. The molecule has 1 saturated heterocycles. The maximum absolute atomic E-state index is 11.2. The Morgan fingerprint density at radius 2 is 1.93 bits per heavy atom. The normalized spacial score (nSPS) is 24.7. The maximum Gasteiger partial charge on any atom is 0.150 e. The Morgan fingerprint density at radius 3 is 2.36 bits per heavy atom. The fourth-order valence-electron chi connectivity index (χ4n) is 2.30. The average Bonchev–Trinajstić information content (AvgIpc) is 2.15.